The van der Waals surface area contributed by atoms with Crippen molar-refractivity contribution in [2.75, 3.05) is 0 Å². The third-order valence-corrected chi connectivity index (χ3v) is 3.47. The van der Waals surface area contributed by atoms with Gasteiger partial charge in [-0.25, -0.2) is 0 Å². The van der Waals surface area contributed by atoms with Gasteiger partial charge in [0, 0.05) is 39.8 Å². The molecule has 0 saturated carbocycles. The molecule has 2 rings (SSSR count). The van der Waals surface area contributed by atoms with Gasteiger partial charge in [0.15, 0.2) is 0 Å². The standard InChI is InChI=1S/C12H8ClINO2.Y/c1-15-11(5-4-10(14)12(15)17)8-3-2-7(16)6-9(8)13;/h2-4,6,16H,1H3;/q-1;. The Hall–Kier alpha value is 0.0939. The van der Waals surface area contributed by atoms with E-state index in [2.05, 4.69) is 6.07 Å². The summed E-state index contributed by atoms with van der Waals surface area (Å²) in [6.07, 6.45) is 0. The van der Waals surface area contributed by atoms with E-state index < -0.39 is 0 Å². The van der Waals surface area contributed by atoms with Crippen molar-refractivity contribution in [3.63, 3.8) is 0 Å². The largest absolute Gasteiger partial charge is 0.508 e. The van der Waals surface area contributed by atoms with E-state index in [0.717, 1.165) is 0 Å². The van der Waals surface area contributed by atoms with Crippen LogP contribution in [0.1, 0.15) is 0 Å². The van der Waals surface area contributed by atoms with Gasteiger partial charge < -0.3 is 9.67 Å². The molecule has 91 valence electrons. The molecule has 2 aromatic rings. The van der Waals surface area contributed by atoms with Crippen molar-refractivity contribution in [3.05, 3.63) is 49.3 Å². The molecule has 0 unspecified atom stereocenters. The molecular weight excluding hydrogens is 441 g/mol. The number of benzene rings is 1. The molecule has 6 heteroatoms. The van der Waals surface area contributed by atoms with Crippen LogP contribution in [0.2, 0.25) is 5.02 Å². The fourth-order valence-electron chi connectivity index (χ4n) is 1.51. The van der Waals surface area contributed by atoms with E-state index >= 15 is 0 Å². The SMILES string of the molecule is Cn1c(-c2ccc(O)cc2Cl)[c-]cc(I)c1=O.[Y]. The first-order valence-corrected chi connectivity index (χ1v) is 6.22. The Balaban J connectivity index is 0.00000162. The van der Waals surface area contributed by atoms with Gasteiger partial charge in [0.1, 0.15) is 5.75 Å². The van der Waals surface area contributed by atoms with Crippen LogP contribution in [0.4, 0.5) is 0 Å². The summed E-state index contributed by atoms with van der Waals surface area (Å²) in [4.78, 5) is 11.8. The van der Waals surface area contributed by atoms with Gasteiger partial charge in [-0.3, -0.25) is 4.79 Å². The zero-order valence-corrected chi connectivity index (χ0v) is 15.2. The minimum Gasteiger partial charge on any atom is -0.508 e. The van der Waals surface area contributed by atoms with Gasteiger partial charge >= 0.3 is 0 Å². The summed E-state index contributed by atoms with van der Waals surface area (Å²) in [5, 5.41) is 9.67. The van der Waals surface area contributed by atoms with Crippen LogP contribution in [0, 0.1) is 9.64 Å². The summed E-state index contributed by atoms with van der Waals surface area (Å²) in [5.41, 5.74) is 1.17. The number of rotatable bonds is 1. The smallest absolute Gasteiger partial charge is 0.207 e. The maximum Gasteiger partial charge on any atom is 0.207 e. The molecule has 0 atom stereocenters. The van der Waals surface area contributed by atoms with Crippen molar-refractivity contribution in [2.24, 2.45) is 7.05 Å². The maximum absolute atomic E-state index is 11.8. The second kappa shape index (κ2) is 6.50. The van der Waals surface area contributed by atoms with Crippen molar-refractivity contribution in [2.45, 2.75) is 0 Å². The third-order valence-electron chi connectivity index (χ3n) is 2.39. The zero-order chi connectivity index (χ0) is 12.6. The molecule has 0 amide bonds. The number of aromatic nitrogens is 1. The second-order valence-electron chi connectivity index (χ2n) is 3.51. The molecule has 1 heterocycles. The normalized spacial score (nSPS) is 9.94. The van der Waals surface area contributed by atoms with Gasteiger partial charge in [-0.05, 0) is 20.7 Å². The van der Waals surface area contributed by atoms with Gasteiger partial charge in [-0.15, -0.1) is 28.7 Å². The molecule has 18 heavy (non-hydrogen) atoms. The molecule has 0 aliphatic carbocycles. The first-order chi connectivity index (χ1) is 8.00. The number of pyridine rings is 1. The van der Waals surface area contributed by atoms with E-state index in [-0.39, 0.29) is 44.0 Å². The molecule has 0 aliphatic rings. The van der Waals surface area contributed by atoms with E-state index in [0.29, 0.717) is 19.9 Å². The van der Waals surface area contributed by atoms with Gasteiger partial charge in [0.2, 0.25) is 5.56 Å². The summed E-state index contributed by atoms with van der Waals surface area (Å²) in [5.74, 6) is 0.0919. The van der Waals surface area contributed by atoms with Crippen LogP contribution in [-0.2, 0) is 39.8 Å². The van der Waals surface area contributed by atoms with Gasteiger partial charge in [-0.1, -0.05) is 22.9 Å². The molecule has 0 fully saturated rings. The van der Waals surface area contributed by atoms with Crippen LogP contribution < -0.4 is 5.56 Å². The quantitative estimate of drug-likeness (QED) is 0.538. The first kappa shape index (κ1) is 16.1. The summed E-state index contributed by atoms with van der Waals surface area (Å²) in [6.45, 7) is 0. The molecule has 0 bridgehead atoms. The first-order valence-electron chi connectivity index (χ1n) is 4.77. The van der Waals surface area contributed by atoms with Crippen LogP contribution in [-0.4, -0.2) is 9.67 Å². The number of aromatic hydroxyl groups is 1. The van der Waals surface area contributed by atoms with Crippen molar-refractivity contribution in [1.82, 2.24) is 4.57 Å². The molecule has 1 aromatic carbocycles. The fraction of sp³-hybridized carbons (Fsp3) is 0.0833. The molecule has 1 radical (unpaired) electrons. The molecule has 0 aliphatic heterocycles. The Morgan fingerprint density at radius 2 is 2.11 bits per heavy atom. The number of phenols is 1. The van der Waals surface area contributed by atoms with Crippen molar-refractivity contribution >= 4 is 34.2 Å². The number of phenolic OH excluding ortho intramolecular Hbond substituents is 1. The monoisotopic (exact) mass is 449 g/mol. The summed E-state index contributed by atoms with van der Waals surface area (Å²) >= 11 is 7.99. The Morgan fingerprint density at radius 1 is 1.44 bits per heavy atom. The number of hydrogen-bond donors (Lipinski definition) is 1. The third kappa shape index (κ3) is 3.15. The van der Waals surface area contributed by atoms with Crippen molar-refractivity contribution in [1.29, 1.82) is 0 Å². The second-order valence-corrected chi connectivity index (χ2v) is 5.08. The van der Waals surface area contributed by atoms with E-state index in [9.17, 15) is 9.90 Å². The molecule has 0 saturated heterocycles. The molecule has 1 aromatic heterocycles. The minimum atomic E-state index is -0.0940. The van der Waals surface area contributed by atoms with Crippen LogP contribution in [0.5, 0.6) is 5.75 Å². The van der Waals surface area contributed by atoms with E-state index in [4.69, 9.17) is 11.6 Å². The number of halogens is 2. The predicted molar refractivity (Wildman–Crippen MR) is 75.3 cm³/mol. The fourth-order valence-corrected chi connectivity index (χ4v) is 2.29. The van der Waals surface area contributed by atoms with Crippen LogP contribution in [0.25, 0.3) is 11.3 Å². The number of hydrogen-bond acceptors (Lipinski definition) is 2. The topological polar surface area (TPSA) is 42.2 Å². The van der Waals surface area contributed by atoms with Gasteiger partial charge in [-0.2, -0.15) is 12.1 Å². The van der Waals surface area contributed by atoms with E-state index in [1.807, 2.05) is 22.6 Å². The average molecular weight is 449 g/mol. The molecular formula is C12H8ClINO2Y-. The van der Waals surface area contributed by atoms with Gasteiger partial charge in [0.05, 0.1) is 0 Å². The molecule has 3 nitrogen and oxygen atoms in total. The Labute approximate surface area is 148 Å². The molecule has 1 N–H and O–H groups in total. The predicted octanol–water partition coefficient (Wildman–Crippen LogP) is 2.81. The van der Waals surface area contributed by atoms with E-state index in [1.54, 1.807) is 19.2 Å². The average Bonchev–Trinajstić information content (AvgIpc) is 2.28. The maximum atomic E-state index is 11.8. The molecule has 0 spiro atoms. The summed E-state index contributed by atoms with van der Waals surface area (Å²) in [7, 11) is 1.67. The van der Waals surface area contributed by atoms with Crippen LogP contribution in [0.3, 0.4) is 0 Å². The van der Waals surface area contributed by atoms with Gasteiger partial charge in [0.25, 0.3) is 0 Å². The summed E-state index contributed by atoms with van der Waals surface area (Å²) in [6, 6.07) is 9.26. The van der Waals surface area contributed by atoms with E-state index in [1.165, 1.54) is 16.7 Å². The van der Waals surface area contributed by atoms with Crippen molar-refractivity contribution < 1.29 is 37.8 Å². The Bertz CT molecular complexity index is 642. The number of nitrogens with zero attached hydrogens (tertiary/aromatic N) is 1. The minimum absolute atomic E-state index is 0. The Kier molecular flexibility index (Phi) is 5.83. The van der Waals surface area contributed by atoms with Crippen LogP contribution in [0.15, 0.2) is 29.1 Å². The van der Waals surface area contributed by atoms with Crippen molar-refractivity contribution in [3.8, 4) is 17.0 Å². The Morgan fingerprint density at radius 3 is 2.72 bits per heavy atom. The van der Waals surface area contributed by atoms with Crippen LogP contribution >= 0.6 is 34.2 Å². The zero-order valence-electron chi connectivity index (χ0n) is 9.45. The summed E-state index contributed by atoms with van der Waals surface area (Å²) < 4.78 is 2.09.